The Morgan fingerprint density at radius 1 is 1.39 bits per heavy atom. The first kappa shape index (κ1) is 14.4. The summed E-state index contributed by atoms with van der Waals surface area (Å²) in [6.07, 6.45) is 4.93. The van der Waals surface area contributed by atoms with Crippen LogP contribution in [0.4, 0.5) is 0 Å². The van der Waals surface area contributed by atoms with Crippen molar-refractivity contribution in [3.05, 3.63) is 34.9 Å². The van der Waals surface area contributed by atoms with Gasteiger partial charge < -0.3 is 4.74 Å². The minimum Gasteiger partial charge on any atom is -0.369 e. The summed E-state index contributed by atoms with van der Waals surface area (Å²) in [5.41, 5.74) is 1.22. The molecule has 0 bridgehead atoms. The number of alkyl halides is 1. The van der Waals surface area contributed by atoms with Gasteiger partial charge in [-0.15, -0.1) is 0 Å². The summed E-state index contributed by atoms with van der Waals surface area (Å²) in [5, 5.41) is 1.71. The molecule has 2 unspecified atom stereocenters. The lowest BCUT2D eigenvalue weighted by Gasteiger charge is -2.38. The van der Waals surface area contributed by atoms with E-state index in [-0.39, 0.29) is 5.60 Å². The molecule has 0 spiro atoms. The van der Waals surface area contributed by atoms with Crippen LogP contribution in [-0.2, 0) is 11.3 Å². The van der Waals surface area contributed by atoms with E-state index in [2.05, 4.69) is 22.9 Å². The zero-order chi connectivity index (χ0) is 13.0. The van der Waals surface area contributed by atoms with Crippen molar-refractivity contribution in [3.63, 3.8) is 0 Å². The topological polar surface area (TPSA) is 9.23 Å². The summed E-state index contributed by atoms with van der Waals surface area (Å²) in [6.45, 7) is 3.00. The number of hydrogen-bond acceptors (Lipinski definition) is 1. The van der Waals surface area contributed by atoms with Gasteiger partial charge in [0.25, 0.3) is 0 Å². The van der Waals surface area contributed by atoms with E-state index in [0.29, 0.717) is 6.61 Å². The van der Waals surface area contributed by atoms with Crippen LogP contribution in [0.25, 0.3) is 0 Å². The van der Waals surface area contributed by atoms with Crippen molar-refractivity contribution in [1.29, 1.82) is 0 Å². The number of benzene rings is 1. The Labute approximate surface area is 123 Å². The van der Waals surface area contributed by atoms with Gasteiger partial charge in [0.05, 0.1) is 12.2 Å². The van der Waals surface area contributed by atoms with Crippen LogP contribution in [0.2, 0.25) is 5.02 Å². The smallest absolute Gasteiger partial charge is 0.0786 e. The minimum absolute atomic E-state index is 0.0251. The molecule has 1 fully saturated rings. The monoisotopic (exact) mass is 330 g/mol. The highest BCUT2D eigenvalue weighted by atomic mass is 79.9. The van der Waals surface area contributed by atoms with Crippen LogP contribution < -0.4 is 0 Å². The lowest BCUT2D eigenvalue weighted by molar-refractivity contribution is -0.0729. The molecule has 1 aliphatic rings. The molecule has 1 aromatic rings. The molecule has 1 nitrogen and oxygen atoms in total. The molecule has 0 saturated heterocycles. The van der Waals surface area contributed by atoms with Crippen molar-refractivity contribution in [2.24, 2.45) is 5.92 Å². The van der Waals surface area contributed by atoms with Gasteiger partial charge in [-0.2, -0.15) is 0 Å². The van der Waals surface area contributed by atoms with Gasteiger partial charge in [0.1, 0.15) is 0 Å². The van der Waals surface area contributed by atoms with E-state index < -0.39 is 0 Å². The zero-order valence-corrected chi connectivity index (χ0v) is 13.1. The molecule has 1 aromatic carbocycles. The Kier molecular flexibility index (Phi) is 5.11. The van der Waals surface area contributed by atoms with Gasteiger partial charge in [0.2, 0.25) is 0 Å². The summed E-state index contributed by atoms with van der Waals surface area (Å²) in [6, 6.07) is 7.92. The van der Waals surface area contributed by atoms with Crippen LogP contribution in [0, 0.1) is 5.92 Å². The number of rotatable bonds is 4. The summed E-state index contributed by atoms with van der Waals surface area (Å²) in [7, 11) is 0. The highest BCUT2D eigenvalue weighted by Gasteiger charge is 2.34. The lowest BCUT2D eigenvalue weighted by atomic mass is 9.80. The molecule has 1 saturated carbocycles. The van der Waals surface area contributed by atoms with E-state index in [1.807, 2.05) is 24.3 Å². The predicted octanol–water partition coefficient (Wildman–Crippen LogP) is 5.20. The van der Waals surface area contributed by atoms with Gasteiger partial charge in [-0.05, 0) is 36.5 Å². The molecule has 0 amide bonds. The van der Waals surface area contributed by atoms with Crippen molar-refractivity contribution in [2.45, 2.75) is 44.8 Å². The molecule has 2 atom stereocenters. The van der Waals surface area contributed by atoms with Gasteiger partial charge >= 0.3 is 0 Å². The van der Waals surface area contributed by atoms with Crippen molar-refractivity contribution >= 4 is 27.5 Å². The van der Waals surface area contributed by atoms with Crippen molar-refractivity contribution < 1.29 is 4.74 Å². The Morgan fingerprint density at radius 2 is 2.11 bits per heavy atom. The Bertz CT molecular complexity index is 379. The molecule has 2 rings (SSSR count). The van der Waals surface area contributed by atoms with E-state index in [1.54, 1.807) is 0 Å². The summed E-state index contributed by atoms with van der Waals surface area (Å²) in [5.74, 6) is 0.765. The third-order valence-corrected chi connectivity index (χ3v) is 5.03. The van der Waals surface area contributed by atoms with Crippen molar-refractivity contribution in [3.8, 4) is 0 Å². The third kappa shape index (κ3) is 3.72. The fourth-order valence-corrected chi connectivity index (χ4v) is 3.52. The highest BCUT2D eigenvalue weighted by Crippen LogP contribution is 2.37. The van der Waals surface area contributed by atoms with Crippen LogP contribution in [0.1, 0.15) is 38.2 Å². The SMILES string of the molecule is CC1CCCC(CBr)(OCc2ccc(Cl)cc2)C1. The maximum absolute atomic E-state index is 6.23. The van der Waals surface area contributed by atoms with Crippen LogP contribution in [-0.4, -0.2) is 10.9 Å². The summed E-state index contributed by atoms with van der Waals surface area (Å²) in [4.78, 5) is 0. The van der Waals surface area contributed by atoms with E-state index in [1.165, 1.54) is 18.4 Å². The largest absolute Gasteiger partial charge is 0.369 e. The molecule has 0 radical (unpaired) electrons. The molecule has 18 heavy (non-hydrogen) atoms. The molecule has 1 aliphatic carbocycles. The Balaban J connectivity index is 1.96. The highest BCUT2D eigenvalue weighted by molar-refractivity contribution is 9.09. The fraction of sp³-hybridized carbons (Fsp3) is 0.600. The van der Waals surface area contributed by atoms with Crippen molar-refractivity contribution in [2.75, 3.05) is 5.33 Å². The number of hydrogen-bond donors (Lipinski definition) is 0. The van der Waals surface area contributed by atoms with Gasteiger partial charge in [0, 0.05) is 10.4 Å². The molecule has 3 heteroatoms. The second kappa shape index (κ2) is 6.40. The van der Waals surface area contributed by atoms with E-state index in [0.717, 1.165) is 29.1 Å². The summed E-state index contributed by atoms with van der Waals surface area (Å²) < 4.78 is 6.23. The fourth-order valence-electron chi connectivity index (χ4n) is 2.72. The quantitative estimate of drug-likeness (QED) is 0.689. The van der Waals surface area contributed by atoms with Crippen molar-refractivity contribution in [1.82, 2.24) is 0 Å². The van der Waals surface area contributed by atoms with E-state index in [4.69, 9.17) is 16.3 Å². The lowest BCUT2D eigenvalue weighted by Crippen LogP contribution is -2.39. The molecule has 0 N–H and O–H groups in total. The number of ether oxygens (including phenoxy) is 1. The van der Waals surface area contributed by atoms with Gasteiger partial charge in [-0.3, -0.25) is 0 Å². The average molecular weight is 332 g/mol. The van der Waals surface area contributed by atoms with Crippen LogP contribution in [0.5, 0.6) is 0 Å². The normalized spacial score (nSPS) is 28.3. The maximum Gasteiger partial charge on any atom is 0.0786 e. The van der Waals surface area contributed by atoms with Crippen LogP contribution in [0.3, 0.4) is 0 Å². The standard InChI is InChI=1S/C15H20BrClO/c1-12-3-2-8-15(9-12,11-16)18-10-13-4-6-14(17)7-5-13/h4-7,12H,2-3,8-11H2,1H3. The van der Waals surface area contributed by atoms with Gasteiger partial charge in [-0.1, -0.05) is 59.4 Å². The molecular weight excluding hydrogens is 312 g/mol. The first-order chi connectivity index (χ1) is 8.63. The second-order valence-electron chi connectivity index (χ2n) is 5.43. The molecule has 100 valence electrons. The molecule has 0 aromatic heterocycles. The van der Waals surface area contributed by atoms with Crippen LogP contribution in [0.15, 0.2) is 24.3 Å². The molecular formula is C15H20BrClO. The van der Waals surface area contributed by atoms with Gasteiger partial charge in [-0.25, -0.2) is 0 Å². The van der Waals surface area contributed by atoms with Gasteiger partial charge in [0.15, 0.2) is 0 Å². The first-order valence-corrected chi connectivity index (χ1v) is 8.08. The average Bonchev–Trinajstić information content (AvgIpc) is 2.38. The maximum atomic E-state index is 6.23. The Morgan fingerprint density at radius 3 is 2.72 bits per heavy atom. The molecule has 0 aliphatic heterocycles. The van der Waals surface area contributed by atoms with E-state index in [9.17, 15) is 0 Å². The minimum atomic E-state index is 0.0251. The second-order valence-corrected chi connectivity index (χ2v) is 6.43. The predicted molar refractivity (Wildman–Crippen MR) is 80.4 cm³/mol. The first-order valence-electron chi connectivity index (χ1n) is 6.58. The number of halogens is 2. The Hall–Kier alpha value is -0.0500. The van der Waals surface area contributed by atoms with E-state index >= 15 is 0 Å². The molecule has 0 heterocycles. The zero-order valence-electron chi connectivity index (χ0n) is 10.8. The summed E-state index contributed by atoms with van der Waals surface area (Å²) >= 11 is 9.52. The van der Waals surface area contributed by atoms with Crippen LogP contribution >= 0.6 is 27.5 Å². The third-order valence-electron chi connectivity index (χ3n) is 3.75.